The van der Waals surface area contributed by atoms with Crippen LogP contribution in [0.2, 0.25) is 0 Å². The molecule has 0 unspecified atom stereocenters. The Hall–Kier alpha value is -0.790. The van der Waals surface area contributed by atoms with Crippen LogP contribution >= 0.6 is 0 Å². The number of hydrogen-bond acceptors (Lipinski definition) is 0. The monoisotopic (exact) mass is 391 g/mol. The van der Waals surface area contributed by atoms with Gasteiger partial charge in [-0.05, 0) is 25.7 Å². The molecule has 0 aromatic carbocycles. The van der Waals surface area contributed by atoms with Crippen molar-refractivity contribution in [2.24, 2.45) is 0 Å². The minimum Gasteiger partial charge on any atom is -0.234 e. The first kappa shape index (κ1) is 25.2. The standard InChI is InChI=1S/C26H51N2/c1-4-7-10-12-13-14-15-16-17-18-19-21-26-27(22-9-6-3)24-25-28(26)23-20-11-8-5-2/h24-25H,4-23H2,1-3H3/q+1. The molecule has 1 rings (SSSR count). The van der Waals surface area contributed by atoms with Crippen molar-refractivity contribution in [1.82, 2.24) is 4.57 Å². The molecule has 0 amide bonds. The molecule has 0 bridgehead atoms. The van der Waals surface area contributed by atoms with Gasteiger partial charge in [-0.25, -0.2) is 9.13 Å². The van der Waals surface area contributed by atoms with Crippen LogP contribution in [0.1, 0.15) is 136 Å². The Balaban J connectivity index is 2.23. The minimum absolute atomic E-state index is 1.20. The SMILES string of the molecule is CCCCCCCCCCCCCc1n(CCCC)cc[n+]1CCCCCC. The largest absolute Gasteiger partial charge is 0.256 e. The molecule has 164 valence electrons. The third-order valence-corrected chi connectivity index (χ3v) is 6.10. The molecular formula is C26H51N2+. The van der Waals surface area contributed by atoms with Gasteiger partial charge in [0.1, 0.15) is 12.4 Å². The van der Waals surface area contributed by atoms with Crippen molar-refractivity contribution in [3.05, 3.63) is 18.2 Å². The Bertz CT molecular complexity index is 449. The number of aromatic nitrogens is 2. The molecule has 28 heavy (non-hydrogen) atoms. The summed E-state index contributed by atoms with van der Waals surface area (Å²) in [7, 11) is 0. The number of unbranched alkanes of at least 4 members (excludes halogenated alkanes) is 14. The van der Waals surface area contributed by atoms with Crippen LogP contribution in [0.15, 0.2) is 12.4 Å². The molecule has 0 saturated carbocycles. The number of nitrogens with zero attached hydrogens (tertiary/aromatic N) is 2. The third-order valence-electron chi connectivity index (χ3n) is 6.10. The highest BCUT2D eigenvalue weighted by atomic mass is 15.1. The molecule has 0 aliphatic heterocycles. The maximum absolute atomic E-state index is 2.56. The summed E-state index contributed by atoms with van der Waals surface area (Å²) in [6, 6.07) is 0. The number of hydrogen-bond donors (Lipinski definition) is 0. The van der Waals surface area contributed by atoms with E-state index < -0.39 is 0 Å². The Labute approximate surface area is 177 Å². The molecule has 2 heteroatoms. The number of imidazole rings is 1. The minimum atomic E-state index is 1.20. The lowest BCUT2D eigenvalue weighted by atomic mass is 10.1. The molecule has 0 aliphatic rings. The lowest BCUT2D eigenvalue weighted by Crippen LogP contribution is -2.37. The van der Waals surface area contributed by atoms with Crippen LogP contribution in [0.25, 0.3) is 0 Å². The fourth-order valence-corrected chi connectivity index (χ4v) is 4.18. The van der Waals surface area contributed by atoms with E-state index in [9.17, 15) is 0 Å². The average Bonchev–Trinajstić information content (AvgIpc) is 3.09. The lowest BCUT2D eigenvalue weighted by molar-refractivity contribution is -0.704. The van der Waals surface area contributed by atoms with Crippen molar-refractivity contribution in [2.45, 2.75) is 149 Å². The summed E-state index contributed by atoms with van der Waals surface area (Å²) in [5.74, 6) is 1.58. The fraction of sp³-hybridized carbons (Fsp3) is 0.885. The van der Waals surface area contributed by atoms with Crippen LogP contribution < -0.4 is 4.57 Å². The summed E-state index contributed by atoms with van der Waals surface area (Å²) in [4.78, 5) is 0. The molecular weight excluding hydrogens is 340 g/mol. The Morgan fingerprint density at radius 2 is 1.11 bits per heavy atom. The molecule has 2 nitrogen and oxygen atoms in total. The lowest BCUT2D eigenvalue weighted by Gasteiger charge is -2.06. The van der Waals surface area contributed by atoms with Gasteiger partial charge in [0, 0.05) is 6.42 Å². The quantitative estimate of drug-likeness (QED) is 0.157. The molecule has 1 aromatic rings. The Kier molecular flexibility index (Phi) is 16.5. The molecule has 0 fully saturated rings. The van der Waals surface area contributed by atoms with E-state index in [1.807, 2.05) is 0 Å². The molecule has 0 atom stereocenters. The van der Waals surface area contributed by atoms with E-state index in [1.54, 1.807) is 5.82 Å². The Morgan fingerprint density at radius 1 is 0.607 bits per heavy atom. The van der Waals surface area contributed by atoms with E-state index in [4.69, 9.17) is 0 Å². The zero-order chi connectivity index (χ0) is 20.3. The number of aryl methyl sites for hydroxylation is 2. The second kappa shape index (κ2) is 18.3. The molecule has 0 spiro atoms. The second-order valence-corrected chi connectivity index (χ2v) is 8.80. The van der Waals surface area contributed by atoms with Crippen molar-refractivity contribution >= 4 is 0 Å². The zero-order valence-electron chi connectivity index (χ0n) is 19.7. The van der Waals surface area contributed by atoms with Crippen molar-refractivity contribution < 1.29 is 4.57 Å². The van der Waals surface area contributed by atoms with E-state index in [0.717, 1.165) is 0 Å². The van der Waals surface area contributed by atoms with Gasteiger partial charge in [0.15, 0.2) is 0 Å². The molecule has 0 saturated heterocycles. The predicted molar refractivity (Wildman–Crippen MR) is 124 cm³/mol. The third kappa shape index (κ3) is 11.9. The summed E-state index contributed by atoms with van der Waals surface area (Å²) in [6.45, 7) is 9.31. The first-order valence-corrected chi connectivity index (χ1v) is 12.9. The van der Waals surface area contributed by atoms with Gasteiger partial charge in [0.05, 0.1) is 13.1 Å². The van der Waals surface area contributed by atoms with Crippen LogP contribution in [-0.2, 0) is 19.5 Å². The van der Waals surface area contributed by atoms with Crippen LogP contribution in [-0.4, -0.2) is 4.57 Å². The Morgan fingerprint density at radius 3 is 1.68 bits per heavy atom. The molecule has 0 radical (unpaired) electrons. The zero-order valence-corrected chi connectivity index (χ0v) is 19.7. The first-order chi connectivity index (χ1) is 13.8. The topological polar surface area (TPSA) is 8.81 Å². The molecule has 1 heterocycles. The summed E-state index contributed by atoms with van der Waals surface area (Å²) in [5.41, 5.74) is 0. The normalized spacial score (nSPS) is 11.4. The van der Waals surface area contributed by atoms with Crippen LogP contribution in [0.5, 0.6) is 0 Å². The van der Waals surface area contributed by atoms with Gasteiger partial charge in [0.2, 0.25) is 0 Å². The van der Waals surface area contributed by atoms with E-state index in [-0.39, 0.29) is 0 Å². The highest BCUT2D eigenvalue weighted by molar-refractivity contribution is 4.84. The van der Waals surface area contributed by atoms with E-state index in [1.165, 1.54) is 129 Å². The van der Waals surface area contributed by atoms with Gasteiger partial charge in [-0.15, -0.1) is 0 Å². The van der Waals surface area contributed by atoms with Gasteiger partial charge in [-0.1, -0.05) is 104 Å². The summed E-state index contributed by atoms with van der Waals surface area (Å²) >= 11 is 0. The molecule has 1 aromatic heterocycles. The van der Waals surface area contributed by atoms with E-state index in [0.29, 0.717) is 0 Å². The van der Waals surface area contributed by atoms with Gasteiger partial charge in [-0.3, -0.25) is 0 Å². The summed E-state index contributed by atoms with van der Waals surface area (Å²) in [5, 5.41) is 0. The average molecular weight is 392 g/mol. The maximum atomic E-state index is 2.56. The second-order valence-electron chi connectivity index (χ2n) is 8.80. The van der Waals surface area contributed by atoms with Crippen molar-refractivity contribution in [3.63, 3.8) is 0 Å². The summed E-state index contributed by atoms with van der Waals surface area (Å²) in [6.07, 6.45) is 29.7. The highest BCUT2D eigenvalue weighted by Gasteiger charge is 2.16. The first-order valence-electron chi connectivity index (χ1n) is 12.9. The highest BCUT2D eigenvalue weighted by Crippen LogP contribution is 2.13. The van der Waals surface area contributed by atoms with Gasteiger partial charge in [0.25, 0.3) is 5.82 Å². The smallest absolute Gasteiger partial charge is 0.234 e. The van der Waals surface area contributed by atoms with Gasteiger partial charge < -0.3 is 0 Å². The molecule has 0 N–H and O–H groups in total. The molecule has 0 aliphatic carbocycles. The fourth-order valence-electron chi connectivity index (χ4n) is 4.18. The van der Waals surface area contributed by atoms with Gasteiger partial charge >= 0.3 is 0 Å². The van der Waals surface area contributed by atoms with Crippen LogP contribution in [0.4, 0.5) is 0 Å². The maximum Gasteiger partial charge on any atom is 0.256 e. The van der Waals surface area contributed by atoms with E-state index >= 15 is 0 Å². The predicted octanol–water partition coefficient (Wildman–Crippen LogP) is 8.01. The van der Waals surface area contributed by atoms with Gasteiger partial charge in [-0.2, -0.15) is 0 Å². The van der Waals surface area contributed by atoms with Crippen molar-refractivity contribution in [3.8, 4) is 0 Å². The van der Waals surface area contributed by atoms with Crippen LogP contribution in [0, 0.1) is 0 Å². The van der Waals surface area contributed by atoms with Crippen molar-refractivity contribution in [1.29, 1.82) is 0 Å². The van der Waals surface area contributed by atoms with E-state index in [2.05, 4.69) is 42.3 Å². The summed E-state index contributed by atoms with van der Waals surface area (Å²) < 4.78 is 5.10. The van der Waals surface area contributed by atoms with Crippen molar-refractivity contribution in [2.75, 3.05) is 0 Å². The number of rotatable bonds is 20. The van der Waals surface area contributed by atoms with Crippen LogP contribution in [0.3, 0.4) is 0 Å².